The van der Waals surface area contributed by atoms with E-state index >= 15 is 0 Å². The molecule has 9 nitrogen and oxygen atoms in total. The third kappa shape index (κ3) is 5.32. The van der Waals surface area contributed by atoms with Gasteiger partial charge in [-0.05, 0) is 69.6 Å². The maximum absolute atomic E-state index is 11.4. The number of ether oxygens (including phenoxy) is 3. The van der Waals surface area contributed by atoms with E-state index in [0.717, 1.165) is 68.1 Å². The summed E-state index contributed by atoms with van der Waals surface area (Å²) in [5.41, 5.74) is 2.62. The van der Waals surface area contributed by atoms with E-state index < -0.39 is 5.97 Å². The Kier molecular flexibility index (Phi) is 7.22. The van der Waals surface area contributed by atoms with Crippen LogP contribution in [0.5, 0.6) is 11.5 Å². The van der Waals surface area contributed by atoms with Crippen molar-refractivity contribution < 1.29 is 28.6 Å². The molecule has 4 aliphatic rings. The van der Waals surface area contributed by atoms with Crippen molar-refractivity contribution in [2.45, 2.75) is 69.5 Å². The lowest BCUT2D eigenvalue weighted by molar-refractivity contribution is -0.150. The zero-order valence-electron chi connectivity index (χ0n) is 23.7. The number of rotatable bonds is 10. The molecule has 11 heteroatoms. The summed E-state index contributed by atoms with van der Waals surface area (Å²) in [7, 11) is 1.52. The number of halogens is 2. The Morgan fingerprint density at radius 3 is 2.44 bits per heavy atom. The summed E-state index contributed by atoms with van der Waals surface area (Å²) in [6, 6.07) is 6.92. The number of carboxylic acids is 1. The number of carboxylic acid groups (broad SMARTS) is 1. The molecule has 8 rings (SSSR count). The zero-order valence-corrected chi connectivity index (χ0v) is 25.2. The molecule has 4 aliphatic carbocycles. The van der Waals surface area contributed by atoms with Crippen molar-refractivity contribution in [1.29, 1.82) is 0 Å². The molecule has 3 heterocycles. The highest BCUT2D eigenvalue weighted by Gasteiger charge is 2.50. The number of hydrogen-bond acceptors (Lipinski definition) is 8. The molecule has 0 unspecified atom stereocenters. The van der Waals surface area contributed by atoms with E-state index in [9.17, 15) is 9.90 Å². The number of hydrogen-bond donors (Lipinski definition) is 1. The van der Waals surface area contributed by atoms with Gasteiger partial charge in [-0.25, -0.2) is 9.78 Å². The molecule has 1 aromatic carbocycles. The molecule has 4 fully saturated rings. The molecule has 0 atom stereocenters. The molecule has 2 bridgehead atoms. The van der Waals surface area contributed by atoms with E-state index in [1.165, 1.54) is 13.2 Å². The molecular formula is C32H31Cl2N3O6. The van der Waals surface area contributed by atoms with Gasteiger partial charge in [0.15, 0.2) is 5.69 Å². The molecule has 4 aromatic rings. The number of methoxy groups -OCH3 is 1. The molecule has 0 aliphatic heterocycles. The van der Waals surface area contributed by atoms with Crippen molar-refractivity contribution in [2.75, 3.05) is 13.7 Å². The van der Waals surface area contributed by atoms with Gasteiger partial charge in [-0.2, -0.15) is 0 Å². The second-order valence-corrected chi connectivity index (χ2v) is 12.9. The van der Waals surface area contributed by atoms with E-state index in [-0.39, 0.29) is 16.7 Å². The second-order valence-electron chi connectivity index (χ2n) is 12.1. The minimum absolute atomic E-state index is 0.0546. The highest BCUT2D eigenvalue weighted by atomic mass is 35.5. The fraction of sp³-hybridized carbons (Fsp3) is 0.438. The minimum atomic E-state index is -1.10. The Balaban J connectivity index is 1.03. The zero-order chi connectivity index (χ0) is 29.8. The first kappa shape index (κ1) is 28.4. The lowest BCUT2D eigenvalue weighted by Crippen LogP contribution is -2.49. The van der Waals surface area contributed by atoms with Gasteiger partial charge in [-0.15, -0.1) is 0 Å². The summed E-state index contributed by atoms with van der Waals surface area (Å²) in [4.78, 5) is 19.7. The van der Waals surface area contributed by atoms with Crippen LogP contribution in [0, 0.1) is 5.41 Å². The largest absolute Gasteiger partial charge is 0.496 e. The van der Waals surface area contributed by atoms with Crippen molar-refractivity contribution in [1.82, 2.24) is 15.1 Å². The van der Waals surface area contributed by atoms with Crippen molar-refractivity contribution in [2.24, 2.45) is 5.41 Å². The van der Waals surface area contributed by atoms with Crippen molar-refractivity contribution in [3.8, 4) is 22.8 Å². The maximum Gasteiger partial charge on any atom is 0.354 e. The molecule has 0 saturated heterocycles. The smallest absolute Gasteiger partial charge is 0.354 e. The van der Waals surface area contributed by atoms with Crippen LogP contribution in [-0.4, -0.2) is 45.5 Å². The first-order valence-corrected chi connectivity index (χ1v) is 15.3. The van der Waals surface area contributed by atoms with Gasteiger partial charge in [0.2, 0.25) is 0 Å². The number of fused-ring (bicyclic) bond motifs is 4. The number of aromatic nitrogens is 3. The van der Waals surface area contributed by atoms with Gasteiger partial charge < -0.3 is 23.8 Å². The number of aromatic carboxylic acids is 1. The second kappa shape index (κ2) is 10.9. The highest BCUT2D eigenvalue weighted by Crippen LogP contribution is 2.55. The summed E-state index contributed by atoms with van der Waals surface area (Å²) >= 11 is 13.0. The normalized spacial score (nSPS) is 23.0. The molecule has 0 amide bonds. The van der Waals surface area contributed by atoms with Crippen LogP contribution in [0.1, 0.15) is 79.1 Å². The van der Waals surface area contributed by atoms with Gasteiger partial charge in [0.05, 0.1) is 41.5 Å². The average molecular weight is 625 g/mol. The molecule has 4 saturated carbocycles. The Bertz CT molecular complexity index is 1670. The quantitative estimate of drug-likeness (QED) is 0.188. The van der Waals surface area contributed by atoms with E-state index in [4.69, 9.17) is 41.9 Å². The molecule has 3 aromatic heterocycles. The summed E-state index contributed by atoms with van der Waals surface area (Å²) in [5.74, 6) is 1.32. The van der Waals surface area contributed by atoms with Gasteiger partial charge in [0.1, 0.15) is 23.0 Å². The number of benzene rings is 1. The van der Waals surface area contributed by atoms with Crippen molar-refractivity contribution in [3.05, 3.63) is 63.7 Å². The third-order valence-electron chi connectivity index (χ3n) is 9.44. The predicted octanol–water partition coefficient (Wildman–Crippen LogP) is 7.86. The predicted molar refractivity (Wildman–Crippen MR) is 160 cm³/mol. The fourth-order valence-corrected chi connectivity index (χ4v) is 7.17. The Morgan fingerprint density at radius 2 is 1.79 bits per heavy atom. The van der Waals surface area contributed by atoms with Gasteiger partial charge in [0.25, 0.3) is 0 Å². The van der Waals surface area contributed by atoms with E-state index in [1.54, 1.807) is 18.5 Å². The molecule has 1 N–H and O–H groups in total. The lowest BCUT2D eigenvalue weighted by atomic mass is 9.59. The topological polar surface area (TPSA) is 117 Å². The van der Waals surface area contributed by atoms with Crippen LogP contribution in [0.4, 0.5) is 0 Å². The third-order valence-corrected chi connectivity index (χ3v) is 10.0. The monoisotopic (exact) mass is 623 g/mol. The Morgan fingerprint density at radius 1 is 1.07 bits per heavy atom. The standard InChI is InChI=1S/C32H31Cl2N3O6/c1-40-26-13-25(30(38)39)36-24-5-4-19(12-20(24)26)41-17-31-6-9-32(10-7-31,11-8-31)42-16-21-28(37-43-29(21)18-2-3-18)27-22(33)14-35-15-23(27)34/h4-5,12-15,18H,2-3,6-11,16-17H2,1H3,(H,38,39). The van der Waals surface area contributed by atoms with Crippen LogP contribution in [0.3, 0.4) is 0 Å². The van der Waals surface area contributed by atoms with Crippen LogP contribution in [0.25, 0.3) is 22.2 Å². The van der Waals surface area contributed by atoms with Gasteiger partial charge in [-0.3, -0.25) is 4.98 Å². The first-order valence-electron chi connectivity index (χ1n) is 14.6. The van der Waals surface area contributed by atoms with Gasteiger partial charge in [-0.1, -0.05) is 28.4 Å². The summed E-state index contributed by atoms with van der Waals surface area (Å²) in [6.45, 7) is 1.01. The van der Waals surface area contributed by atoms with Crippen LogP contribution >= 0.6 is 23.2 Å². The van der Waals surface area contributed by atoms with Crippen LogP contribution in [-0.2, 0) is 11.3 Å². The molecule has 43 heavy (non-hydrogen) atoms. The lowest BCUT2D eigenvalue weighted by Gasteiger charge is -2.52. The number of carbonyl (C=O) groups is 1. The number of nitrogens with zero attached hydrogens (tertiary/aromatic N) is 3. The number of pyridine rings is 2. The van der Waals surface area contributed by atoms with Crippen molar-refractivity contribution >= 4 is 40.1 Å². The summed E-state index contributed by atoms with van der Waals surface area (Å²) in [6.07, 6.45) is 11.2. The summed E-state index contributed by atoms with van der Waals surface area (Å²) < 4.78 is 24.4. The summed E-state index contributed by atoms with van der Waals surface area (Å²) in [5, 5.41) is 15.3. The van der Waals surface area contributed by atoms with E-state index in [2.05, 4.69) is 15.1 Å². The fourth-order valence-electron chi connectivity index (χ4n) is 6.63. The van der Waals surface area contributed by atoms with E-state index in [1.807, 2.05) is 12.1 Å². The van der Waals surface area contributed by atoms with Gasteiger partial charge >= 0.3 is 5.97 Å². The average Bonchev–Trinajstić information content (AvgIpc) is 3.79. The highest BCUT2D eigenvalue weighted by molar-refractivity contribution is 6.38. The minimum Gasteiger partial charge on any atom is -0.496 e. The Hall–Kier alpha value is -3.40. The maximum atomic E-state index is 11.4. The van der Waals surface area contributed by atoms with E-state index in [0.29, 0.717) is 57.5 Å². The molecule has 0 radical (unpaired) electrons. The molecular weight excluding hydrogens is 593 g/mol. The van der Waals surface area contributed by atoms with Crippen LogP contribution in [0.15, 0.2) is 41.2 Å². The molecule has 224 valence electrons. The SMILES string of the molecule is COc1cc(C(=O)O)nc2ccc(OCC34CCC(OCc5c(-c6c(Cl)cncc6Cl)noc5C5CC5)(CC3)CC4)cc12. The van der Waals surface area contributed by atoms with Gasteiger partial charge in [0, 0.05) is 46.3 Å². The Labute approximate surface area is 258 Å². The first-order chi connectivity index (χ1) is 20.8. The van der Waals surface area contributed by atoms with Crippen LogP contribution < -0.4 is 9.47 Å². The molecule has 0 spiro atoms. The van der Waals surface area contributed by atoms with Crippen molar-refractivity contribution in [3.63, 3.8) is 0 Å². The van der Waals surface area contributed by atoms with Crippen LogP contribution in [0.2, 0.25) is 10.0 Å².